The number of hydrogen-bond donors (Lipinski definition) is 2. The second-order valence-electron chi connectivity index (χ2n) is 5.62. The molecule has 1 atom stereocenters. The normalized spacial score (nSPS) is 12.1. The van der Waals surface area contributed by atoms with Crippen LogP contribution in [-0.4, -0.2) is 28.2 Å². The summed E-state index contributed by atoms with van der Waals surface area (Å²) in [6.45, 7) is 4.53. The van der Waals surface area contributed by atoms with Crippen molar-refractivity contribution < 1.29 is 9.53 Å². The highest BCUT2D eigenvalue weighted by molar-refractivity contribution is 8.00. The van der Waals surface area contributed by atoms with E-state index >= 15 is 0 Å². The first-order chi connectivity index (χ1) is 12.2. The van der Waals surface area contributed by atoms with Gasteiger partial charge in [-0.1, -0.05) is 12.1 Å². The molecule has 0 spiro atoms. The number of aromatic nitrogens is 2. The molecule has 1 heterocycles. The number of amides is 1. The van der Waals surface area contributed by atoms with Crippen LogP contribution in [-0.2, 0) is 4.79 Å². The summed E-state index contributed by atoms with van der Waals surface area (Å²) >= 11 is 1.50. The predicted octanol–water partition coefficient (Wildman–Crippen LogP) is 3.93. The Morgan fingerprint density at radius 3 is 2.72 bits per heavy atom. The first-order valence-corrected chi connectivity index (χ1v) is 9.24. The number of ether oxygens (including phenoxy) is 1. The van der Waals surface area contributed by atoms with Crippen molar-refractivity contribution >= 4 is 28.7 Å². The van der Waals surface area contributed by atoms with Crippen molar-refractivity contribution in [2.45, 2.75) is 24.8 Å². The van der Waals surface area contributed by atoms with E-state index in [1.54, 1.807) is 0 Å². The third kappa shape index (κ3) is 4.54. The second-order valence-corrected chi connectivity index (χ2v) is 6.67. The van der Waals surface area contributed by atoms with Crippen molar-refractivity contribution in [3.63, 3.8) is 0 Å². The number of carbonyl (C=O) groups is 1. The van der Waals surface area contributed by atoms with Crippen molar-refractivity contribution in [2.24, 2.45) is 0 Å². The second kappa shape index (κ2) is 8.07. The van der Waals surface area contributed by atoms with Crippen LogP contribution in [0.4, 0.5) is 0 Å². The maximum absolute atomic E-state index is 12.2. The first-order valence-electron chi connectivity index (χ1n) is 8.25. The Balaban J connectivity index is 1.53. The van der Waals surface area contributed by atoms with Crippen LogP contribution in [0.3, 0.4) is 0 Å². The van der Waals surface area contributed by atoms with Crippen LogP contribution < -0.4 is 10.1 Å². The summed E-state index contributed by atoms with van der Waals surface area (Å²) in [5.41, 5.74) is 1.88. The fourth-order valence-electron chi connectivity index (χ4n) is 2.48. The molecule has 1 unspecified atom stereocenters. The van der Waals surface area contributed by atoms with E-state index < -0.39 is 0 Å². The number of aromatic amines is 1. The van der Waals surface area contributed by atoms with Gasteiger partial charge in [0.1, 0.15) is 11.6 Å². The van der Waals surface area contributed by atoms with Crippen molar-refractivity contribution in [3.8, 4) is 5.75 Å². The maximum Gasteiger partial charge on any atom is 0.230 e. The highest BCUT2D eigenvalue weighted by Gasteiger charge is 2.13. The average molecular weight is 355 g/mol. The lowest BCUT2D eigenvalue weighted by molar-refractivity contribution is -0.119. The van der Waals surface area contributed by atoms with Crippen LogP contribution in [0.25, 0.3) is 11.0 Å². The molecule has 6 heteroatoms. The minimum Gasteiger partial charge on any atom is -0.494 e. The third-order valence-electron chi connectivity index (χ3n) is 3.70. The van der Waals surface area contributed by atoms with E-state index in [9.17, 15) is 4.79 Å². The predicted molar refractivity (Wildman–Crippen MR) is 101 cm³/mol. The molecule has 1 amide bonds. The topological polar surface area (TPSA) is 67.0 Å². The Morgan fingerprint density at radius 2 is 2.00 bits per heavy atom. The van der Waals surface area contributed by atoms with Crippen molar-refractivity contribution in [2.75, 3.05) is 12.4 Å². The molecular weight excluding hydrogens is 334 g/mol. The number of fused-ring (bicyclic) bond motifs is 1. The van der Waals surface area contributed by atoms with E-state index in [2.05, 4.69) is 15.3 Å². The number of carbonyl (C=O) groups excluding carboxylic acids is 1. The average Bonchev–Trinajstić information content (AvgIpc) is 3.06. The summed E-state index contributed by atoms with van der Waals surface area (Å²) in [7, 11) is 0. The molecule has 0 bridgehead atoms. The lowest BCUT2D eigenvalue weighted by Gasteiger charge is -2.11. The molecule has 2 aromatic carbocycles. The number of rotatable bonds is 7. The van der Waals surface area contributed by atoms with Gasteiger partial charge < -0.3 is 15.0 Å². The minimum atomic E-state index is -0.166. The van der Waals surface area contributed by atoms with Crippen molar-refractivity contribution in [1.82, 2.24) is 15.3 Å². The Morgan fingerprint density at radius 1 is 1.24 bits per heavy atom. The SMILES string of the molecule is CCOc1ccc(SCC(=O)NC(C)c2nc3ccccc3[nH]2)cc1. The van der Waals surface area contributed by atoms with Gasteiger partial charge in [-0.25, -0.2) is 4.98 Å². The number of nitrogens with one attached hydrogen (secondary N) is 2. The van der Waals surface area contributed by atoms with Gasteiger partial charge in [0.2, 0.25) is 5.91 Å². The number of imidazole rings is 1. The molecule has 0 radical (unpaired) electrons. The summed E-state index contributed by atoms with van der Waals surface area (Å²) in [5, 5.41) is 2.98. The summed E-state index contributed by atoms with van der Waals surface area (Å²) in [4.78, 5) is 21.0. The summed E-state index contributed by atoms with van der Waals surface area (Å²) in [6, 6.07) is 15.4. The quantitative estimate of drug-likeness (QED) is 0.630. The van der Waals surface area contributed by atoms with Gasteiger partial charge in [0, 0.05) is 4.90 Å². The Kier molecular flexibility index (Phi) is 5.60. The molecule has 130 valence electrons. The minimum absolute atomic E-state index is 0.0214. The van der Waals surface area contributed by atoms with Gasteiger partial charge in [-0.05, 0) is 50.2 Å². The standard InChI is InChI=1S/C19H21N3O2S/c1-3-24-14-8-10-15(11-9-14)25-12-18(23)20-13(2)19-21-16-6-4-5-7-17(16)22-19/h4-11,13H,3,12H2,1-2H3,(H,20,23)(H,21,22). The fraction of sp³-hybridized carbons (Fsp3) is 0.263. The molecule has 0 saturated heterocycles. The van der Waals surface area contributed by atoms with Gasteiger partial charge in [0.25, 0.3) is 0 Å². The lowest BCUT2D eigenvalue weighted by atomic mass is 10.3. The largest absolute Gasteiger partial charge is 0.494 e. The van der Waals surface area contributed by atoms with E-state index in [-0.39, 0.29) is 11.9 Å². The van der Waals surface area contributed by atoms with Crippen LogP contribution in [0, 0.1) is 0 Å². The zero-order chi connectivity index (χ0) is 17.6. The molecule has 3 rings (SSSR count). The molecule has 3 aromatic rings. The van der Waals surface area contributed by atoms with Crippen molar-refractivity contribution in [3.05, 3.63) is 54.4 Å². The van der Waals surface area contributed by atoms with E-state index in [0.717, 1.165) is 27.5 Å². The van der Waals surface area contributed by atoms with Crippen LogP contribution in [0.1, 0.15) is 25.7 Å². The molecule has 0 fully saturated rings. The highest BCUT2D eigenvalue weighted by Crippen LogP contribution is 2.22. The third-order valence-corrected chi connectivity index (χ3v) is 4.71. The molecule has 0 aliphatic rings. The van der Waals surface area contributed by atoms with Crippen LogP contribution in [0.5, 0.6) is 5.75 Å². The van der Waals surface area contributed by atoms with Crippen LogP contribution in [0.2, 0.25) is 0 Å². The number of hydrogen-bond acceptors (Lipinski definition) is 4. The molecule has 0 aliphatic carbocycles. The van der Waals surface area contributed by atoms with Gasteiger partial charge in [-0.2, -0.15) is 0 Å². The number of para-hydroxylation sites is 2. The van der Waals surface area contributed by atoms with Crippen molar-refractivity contribution in [1.29, 1.82) is 0 Å². The lowest BCUT2D eigenvalue weighted by Crippen LogP contribution is -2.28. The summed E-state index contributed by atoms with van der Waals surface area (Å²) < 4.78 is 5.41. The van der Waals surface area contributed by atoms with Gasteiger partial charge in [0.05, 0.1) is 29.4 Å². The van der Waals surface area contributed by atoms with E-state index in [1.807, 2.05) is 62.4 Å². The van der Waals surface area contributed by atoms with Gasteiger partial charge in [-0.3, -0.25) is 4.79 Å². The van der Waals surface area contributed by atoms with Gasteiger partial charge in [0.15, 0.2) is 0 Å². The van der Waals surface area contributed by atoms with E-state index in [0.29, 0.717) is 12.4 Å². The smallest absolute Gasteiger partial charge is 0.230 e. The molecular formula is C19H21N3O2S. The molecule has 0 saturated carbocycles. The summed E-state index contributed by atoms with van der Waals surface area (Å²) in [6.07, 6.45) is 0. The first kappa shape index (κ1) is 17.4. The van der Waals surface area contributed by atoms with Crippen LogP contribution in [0.15, 0.2) is 53.4 Å². The van der Waals surface area contributed by atoms with Gasteiger partial charge in [-0.15, -0.1) is 11.8 Å². The monoisotopic (exact) mass is 355 g/mol. The number of thioether (sulfide) groups is 1. The Bertz CT molecular complexity index is 812. The number of H-pyrrole nitrogens is 1. The highest BCUT2D eigenvalue weighted by atomic mass is 32.2. The molecule has 2 N–H and O–H groups in total. The van der Waals surface area contributed by atoms with Gasteiger partial charge >= 0.3 is 0 Å². The van der Waals surface area contributed by atoms with Crippen LogP contribution >= 0.6 is 11.8 Å². The Labute approximate surface area is 151 Å². The maximum atomic E-state index is 12.2. The molecule has 5 nitrogen and oxygen atoms in total. The number of nitrogens with zero attached hydrogens (tertiary/aromatic N) is 1. The molecule has 25 heavy (non-hydrogen) atoms. The molecule has 1 aromatic heterocycles. The zero-order valence-electron chi connectivity index (χ0n) is 14.3. The Hall–Kier alpha value is -2.47. The van der Waals surface area contributed by atoms with E-state index in [4.69, 9.17) is 4.74 Å². The number of benzene rings is 2. The zero-order valence-corrected chi connectivity index (χ0v) is 15.1. The fourth-order valence-corrected chi connectivity index (χ4v) is 3.19. The molecule has 0 aliphatic heterocycles. The summed E-state index contributed by atoms with van der Waals surface area (Å²) in [5.74, 6) is 1.95. The van der Waals surface area contributed by atoms with E-state index in [1.165, 1.54) is 11.8 Å².